The number of carbonyl (C=O) groups excluding carboxylic acids is 3. The molecule has 12 heteroatoms. The molecule has 1 aromatic rings. The second-order valence-electron chi connectivity index (χ2n) is 16.5. The summed E-state index contributed by atoms with van der Waals surface area (Å²) >= 11 is 0. The van der Waals surface area contributed by atoms with Crippen LogP contribution in [0.1, 0.15) is 106 Å². The van der Waals surface area contributed by atoms with E-state index >= 15 is 4.79 Å². The zero-order valence-electron chi connectivity index (χ0n) is 38.5. The first-order valence-electron chi connectivity index (χ1n) is 22.0. The van der Waals surface area contributed by atoms with E-state index in [-0.39, 0.29) is 19.4 Å². The van der Waals surface area contributed by atoms with Crippen molar-refractivity contribution < 1.29 is 54.5 Å². The molecule has 1 heterocycles. The van der Waals surface area contributed by atoms with Gasteiger partial charge in [-0.3, -0.25) is 9.59 Å². The molecule has 0 spiro atoms. The summed E-state index contributed by atoms with van der Waals surface area (Å²) in [7, 11) is -5.25. The van der Waals surface area contributed by atoms with Crippen LogP contribution in [0.2, 0.25) is 36.3 Å². The smallest absolute Gasteiger partial charge is 0.338 e. The molecular formula is C41H64O10Si2. The molecule has 10 nitrogen and oxygen atoms in total. The van der Waals surface area contributed by atoms with Gasteiger partial charge in [0, 0.05) is 25.2 Å². The highest BCUT2D eigenvalue weighted by Gasteiger charge is 2.78. The van der Waals surface area contributed by atoms with Gasteiger partial charge in [0.15, 0.2) is 28.0 Å². The van der Waals surface area contributed by atoms with Gasteiger partial charge in [-0.1, -0.05) is 73.5 Å². The molecule has 3 aliphatic carbocycles. The van der Waals surface area contributed by atoms with Crippen LogP contribution in [0, 0.1) is 16.7 Å². The summed E-state index contributed by atoms with van der Waals surface area (Å²) in [6.07, 6.45) is -6.43. The van der Waals surface area contributed by atoms with Crippen LogP contribution in [-0.4, -0.2) is 92.9 Å². The van der Waals surface area contributed by atoms with E-state index in [0.29, 0.717) is 29.3 Å². The summed E-state index contributed by atoms with van der Waals surface area (Å²) in [5.74, 6) is -3.86. The van der Waals surface area contributed by atoms with Crippen LogP contribution in [0.4, 0.5) is 0 Å². The minimum absolute atomic E-state index is 0.137. The minimum atomic E-state index is -2.67. The lowest BCUT2D eigenvalue weighted by Gasteiger charge is -2.68. The molecule has 1 unspecified atom stereocenters. The molecule has 1 saturated heterocycles. The Morgan fingerprint density at radius 3 is 1.98 bits per heavy atom. The number of aliphatic hydroxyl groups is 2. The fourth-order valence-corrected chi connectivity index (χ4v) is 15.9. The highest BCUT2D eigenvalue weighted by molar-refractivity contribution is 6.74. The van der Waals surface area contributed by atoms with Crippen molar-refractivity contribution in [1.82, 2.24) is 0 Å². The van der Waals surface area contributed by atoms with Crippen molar-refractivity contribution in [2.75, 3.05) is 6.61 Å². The van der Waals surface area contributed by atoms with Crippen LogP contribution in [0.25, 0.3) is 0 Å². The summed E-state index contributed by atoms with van der Waals surface area (Å²) in [5.41, 5.74) is -7.06. The Bertz CT molecular complexity index is 1810. The molecule has 2 saturated carbocycles. The summed E-state index contributed by atoms with van der Waals surface area (Å²) in [6, 6.07) is 0.391. The Morgan fingerprint density at radius 1 is 0.943 bits per heavy atom. The van der Waals surface area contributed by atoms with Gasteiger partial charge in [-0.05, 0) is 73.3 Å². The number of ketones is 1. The van der Waals surface area contributed by atoms with E-state index in [1.165, 1.54) is 6.92 Å². The number of fused-ring (bicyclic) bond motifs is 5. The van der Waals surface area contributed by atoms with Crippen molar-refractivity contribution in [2.45, 2.75) is 167 Å². The van der Waals surface area contributed by atoms with E-state index in [9.17, 15) is 19.8 Å². The SMILES string of the molecule is [2H]c1c([2H])c([2H])c(C(=O)O[C@H]2[C@@H]3[C@]4(OC(C)=O)CO[C@@H]4C[C@H](O[Si](CC)(CC)CC)[C@@]3(C)C(=O)[C@H](O[Si](CC)(CC)CC)C3=C(C)[C@@H](O)CC2(O)C3(C)C)c([2H])c1[2H]. The van der Waals surface area contributed by atoms with Gasteiger partial charge in [-0.25, -0.2) is 4.79 Å². The lowest BCUT2D eigenvalue weighted by molar-refractivity contribution is -0.344. The Balaban J connectivity index is 1.94. The van der Waals surface area contributed by atoms with Gasteiger partial charge in [0.25, 0.3) is 0 Å². The van der Waals surface area contributed by atoms with Crippen LogP contribution < -0.4 is 0 Å². The van der Waals surface area contributed by atoms with E-state index in [1.54, 1.807) is 27.7 Å². The molecule has 1 aliphatic heterocycles. The van der Waals surface area contributed by atoms with Crippen LogP contribution in [-0.2, 0) is 32.7 Å². The summed E-state index contributed by atoms with van der Waals surface area (Å²) < 4.78 is 75.7. The number of aliphatic hydroxyl groups excluding tert-OH is 1. The van der Waals surface area contributed by atoms with Crippen molar-refractivity contribution in [3.05, 3.63) is 46.9 Å². The van der Waals surface area contributed by atoms with E-state index in [0.717, 1.165) is 18.1 Å². The van der Waals surface area contributed by atoms with E-state index in [4.69, 9.17) is 29.9 Å². The fourth-order valence-electron chi connectivity index (χ4n) is 10.2. The lowest BCUT2D eigenvalue weighted by Crippen LogP contribution is -2.82. The zero-order chi connectivity index (χ0) is 43.7. The van der Waals surface area contributed by atoms with Gasteiger partial charge < -0.3 is 33.3 Å². The Morgan fingerprint density at radius 2 is 1.49 bits per heavy atom. The Kier molecular flexibility index (Phi) is 10.00. The van der Waals surface area contributed by atoms with Crippen molar-refractivity contribution in [1.29, 1.82) is 0 Å². The maximum Gasteiger partial charge on any atom is 0.338 e. The van der Waals surface area contributed by atoms with E-state index in [1.807, 2.05) is 20.8 Å². The average Bonchev–Trinajstić information content (AvgIpc) is 3.18. The second-order valence-corrected chi connectivity index (χ2v) is 25.9. The van der Waals surface area contributed by atoms with Crippen LogP contribution in [0.5, 0.6) is 0 Å². The molecule has 2 N–H and O–H groups in total. The zero-order valence-corrected chi connectivity index (χ0v) is 35.5. The number of ether oxygens (including phenoxy) is 3. The highest BCUT2D eigenvalue weighted by atomic mass is 28.4. The normalized spacial score (nSPS) is 36.6. The molecule has 296 valence electrons. The topological polar surface area (TPSA) is 138 Å². The van der Waals surface area contributed by atoms with Gasteiger partial charge in [0.05, 0.1) is 42.6 Å². The first-order valence-corrected chi connectivity index (χ1v) is 24.6. The van der Waals surface area contributed by atoms with E-state index < -0.39 is 129 Å². The summed E-state index contributed by atoms with van der Waals surface area (Å²) in [4.78, 5) is 44.4. The van der Waals surface area contributed by atoms with Gasteiger partial charge in [-0.15, -0.1) is 0 Å². The first kappa shape index (κ1) is 35.2. The second kappa shape index (κ2) is 15.0. The number of benzene rings is 1. The van der Waals surface area contributed by atoms with Crippen molar-refractivity contribution in [3.63, 3.8) is 0 Å². The van der Waals surface area contributed by atoms with Crippen LogP contribution in [0.3, 0.4) is 0 Å². The van der Waals surface area contributed by atoms with Crippen molar-refractivity contribution in [3.8, 4) is 0 Å². The largest absolute Gasteiger partial charge is 0.455 e. The number of carbonyl (C=O) groups is 3. The number of esters is 2. The number of hydrogen-bond donors (Lipinski definition) is 2. The standard InChI is InChI=1S/C41H64O10Si2/c1-12-52(13-2,14-3)50-30-23-31-40(25-47-31,49-27(8)42)34-36(48-37(45)28-21-19-18-20-22-28)41(46)24-29(43)26(7)32(38(41,9)10)33(35(44)39(30,34)11)51-53(15-4,16-5)17-6/h18-22,29-31,33-34,36,43,46H,12-17,23-25H2,1-11H3/t29-,30-,31+,33+,34-,36-,39+,40-,41?/m0/s1/i18D,19D,20D,21D,22D. The highest BCUT2D eigenvalue weighted by Crippen LogP contribution is 2.65. The van der Waals surface area contributed by atoms with Gasteiger partial charge >= 0.3 is 11.9 Å². The lowest BCUT2D eigenvalue weighted by atomic mass is 9.44. The van der Waals surface area contributed by atoms with E-state index in [2.05, 4.69) is 20.8 Å². The third-order valence-electron chi connectivity index (χ3n) is 14.2. The molecule has 53 heavy (non-hydrogen) atoms. The number of rotatable bonds is 13. The molecule has 0 aromatic heterocycles. The summed E-state index contributed by atoms with van der Waals surface area (Å²) in [5, 5.41) is 25.7. The molecular weight excluding hydrogens is 709 g/mol. The summed E-state index contributed by atoms with van der Waals surface area (Å²) in [6.45, 7) is 20.2. The van der Waals surface area contributed by atoms with Gasteiger partial charge in [-0.2, -0.15) is 0 Å². The van der Waals surface area contributed by atoms with Crippen LogP contribution in [0.15, 0.2) is 41.4 Å². The molecule has 3 fully saturated rings. The third kappa shape index (κ3) is 6.45. The maximum atomic E-state index is 16.4. The predicted molar refractivity (Wildman–Crippen MR) is 207 cm³/mol. The molecule has 2 bridgehead atoms. The maximum absolute atomic E-state index is 16.4. The fraction of sp³-hybridized carbons (Fsp3) is 0.732. The average molecular weight is 778 g/mol. The van der Waals surface area contributed by atoms with Gasteiger partial charge in [0.1, 0.15) is 23.9 Å². The molecule has 1 aromatic carbocycles. The quantitative estimate of drug-likeness (QED) is 0.121. The Labute approximate surface area is 325 Å². The third-order valence-corrected chi connectivity index (χ3v) is 23.5. The van der Waals surface area contributed by atoms with Crippen molar-refractivity contribution in [2.24, 2.45) is 16.7 Å². The molecule has 0 radical (unpaired) electrons. The van der Waals surface area contributed by atoms with Gasteiger partial charge in [0.2, 0.25) is 0 Å². The van der Waals surface area contributed by atoms with Crippen LogP contribution >= 0.6 is 0 Å². The minimum Gasteiger partial charge on any atom is -0.455 e. The monoisotopic (exact) mass is 777 g/mol. The predicted octanol–water partition coefficient (Wildman–Crippen LogP) is 7.14. The first-order chi connectivity index (χ1) is 26.9. The number of Topliss-reactive ketones (excluding diaryl/α,β-unsaturated/α-hetero) is 1. The number of hydrogen-bond acceptors (Lipinski definition) is 10. The molecule has 0 amide bonds. The van der Waals surface area contributed by atoms with Crippen molar-refractivity contribution >= 4 is 34.4 Å². The molecule has 5 rings (SSSR count). The molecule has 4 aliphatic rings. The molecule has 9 atom stereocenters. The Hall–Kier alpha value is -2.20.